The summed E-state index contributed by atoms with van der Waals surface area (Å²) in [5, 5.41) is 4.79. The molecule has 9 heteroatoms. The van der Waals surface area contributed by atoms with Gasteiger partial charge in [-0.3, -0.25) is 19.7 Å². The minimum absolute atomic E-state index is 0.0956. The van der Waals surface area contributed by atoms with Crippen LogP contribution in [0.3, 0.4) is 0 Å². The summed E-state index contributed by atoms with van der Waals surface area (Å²) in [7, 11) is -2.10. The summed E-state index contributed by atoms with van der Waals surface area (Å²) in [6.45, 7) is 2.40. The van der Waals surface area contributed by atoms with E-state index in [-0.39, 0.29) is 27.3 Å². The lowest BCUT2D eigenvalue weighted by Crippen LogP contribution is -2.28. The first kappa shape index (κ1) is 20.7. The molecule has 0 atom stereocenters. The van der Waals surface area contributed by atoms with Crippen molar-refractivity contribution >= 4 is 33.4 Å². The Bertz CT molecular complexity index is 1080. The molecule has 1 heterocycles. The van der Waals surface area contributed by atoms with Gasteiger partial charge in [-0.2, -0.15) is 0 Å². The maximum Gasteiger partial charge on any atom is 0.261 e. The lowest BCUT2D eigenvalue weighted by molar-refractivity contribution is 0.0879. The summed E-state index contributed by atoms with van der Waals surface area (Å²) in [6, 6.07) is 10.1. The van der Waals surface area contributed by atoms with Crippen LogP contribution >= 0.6 is 0 Å². The van der Waals surface area contributed by atoms with E-state index in [2.05, 4.69) is 10.6 Å². The van der Waals surface area contributed by atoms with Crippen LogP contribution in [0.5, 0.6) is 0 Å². The van der Waals surface area contributed by atoms with Crippen molar-refractivity contribution in [1.82, 2.24) is 9.62 Å². The molecule has 1 aliphatic rings. The van der Waals surface area contributed by atoms with Crippen LogP contribution in [0.15, 0.2) is 47.4 Å². The van der Waals surface area contributed by atoms with Crippen LogP contribution in [0.4, 0.5) is 5.69 Å². The van der Waals surface area contributed by atoms with Crippen LogP contribution in [0, 0.1) is 0 Å². The molecule has 29 heavy (non-hydrogen) atoms. The molecule has 0 saturated heterocycles. The maximum atomic E-state index is 12.6. The molecule has 0 saturated carbocycles. The van der Waals surface area contributed by atoms with E-state index in [0.29, 0.717) is 6.54 Å². The van der Waals surface area contributed by atoms with E-state index in [4.69, 9.17) is 0 Å². The van der Waals surface area contributed by atoms with Crippen LogP contribution in [-0.2, 0) is 10.0 Å². The Morgan fingerprint density at radius 3 is 2.41 bits per heavy atom. The monoisotopic (exact) mass is 415 g/mol. The summed E-state index contributed by atoms with van der Waals surface area (Å²) in [6.07, 6.45) is 1.64. The highest BCUT2D eigenvalue weighted by Crippen LogP contribution is 2.25. The second kappa shape index (κ2) is 8.14. The minimum atomic E-state index is -3.62. The van der Waals surface area contributed by atoms with Crippen molar-refractivity contribution in [2.45, 2.75) is 24.7 Å². The normalized spacial score (nSPS) is 13.3. The van der Waals surface area contributed by atoms with E-state index in [0.717, 1.165) is 12.8 Å². The molecule has 2 aromatic carbocycles. The van der Waals surface area contributed by atoms with Gasteiger partial charge in [0.25, 0.3) is 17.7 Å². The van der Waals surface area contributed by atoms with Gasteiger partial charge in [0, 0.05) is 19.2 Å². The zero-order valence-corrected chi connectivity index (χ0v) is 16.9. The number of sulfonamides is 1. The van der Waals surface area contributed by atoms with Crippen molar-refractivity contribution in [2.75, 3.05) is 18.9 Å². The summed E-state index contributed by atoms with van der Waals surface area (Å²) in [4.78, 5) is 36.3. The van der Waals surface area contributed by atoms with Gasteiger partial charge >= 0.3 is 0 Å². The first-order valence-corrected chi connectivity index (χ1v) is 10.6. The van der Waals surface area contributed by atoms with Gasteiger partial charge < -0.3 is 5.32 Å². The molecule has 3 rings (SSSR count). The average molecular weight is 415 g/mol. The molecule has 8 nitrogen and oxygen atoms in total. The molecular weight excluding hydrogens is 394 g/mol. The van der Waals surface area contributed by atoms with Crippen LogP contribution in [0.2, 0.25) is 0 Å². The van der Waals surface area contributed by atoms with E-state index in [1.165, 1.54) is 47.8 Å². The smallest absolute Gasteiger partial charge is 0.261 e. The highest BCUT2D eigenvalue weighted by molar-refractivity contribution is 7.89. The number of hydrogen-bond donors (Lipinski definition) is 2. The zero-order chi connectivity index (χ0) is 21.2. The second-order valence-electron chi connectivity index (χ2n) is 6.67. The van der Waals surface area contributed by atoms with Crippen LogP contribution in [0.1, 0.15) is 50.8 Å². The molecule has 0 radical (unpaired) electrons. The quantitative estimate of drug-likeness (QED) is 0.674. The van der Waals surface area contributed by atoms with Crippen molar-refractivity contribution in [2.24, 2.45) is 0 Å². The number of anilines is 1. The number of imide groups is 1. The van der Waals surface area contributed by atoms with Crippen LogP contribution in [0.25, 0.3) is 0 Å². The molecule has 0 fully saturated rings. The summed E-state index contributed by atoms with van der Waals surface area (Å²) >= 11 is 0. The van der Waals surface area contributed by atoms with E-state index in [9.17, 15) is 22.8 Å². The molecular formula is C20H21N3O5S. The van der Waals surface area contributed by atoms with E-state index >= 15 is 0 Å². The topological polar surface area (TPSA) is 113 Å². The van der Waals surface area contributed by atoms with E-state index in [1.807, 2.05) is 6.92 Å². The van der Waals surface area contributed by atoms with Gasteiger partial charge in [-0.15, -0.1) is 0 Å². The molecule has 2 N–H and O–H groups in total. The number of unbranched alkanes of at least 4 members (excludes halogenated alkanes) is 1. The van der Waals surface area contributed by atoms with Gasteiger partial charge in [0.1, 0.15) is 0 Å². The highest BCUT2D eigenvalue weighted by Gasteiger charge is 2.30. The Hall–Kier alpha value is -3.04. The van der Waals surface area contributed by atoms with Gasteiger partial charge in [0.15, 0.2) is 0 Å². The number of nitrogens with one attached hydrogen (secondary N) is 2. The Morgan fingerprint density at radius 2 is 1.76 bits per heavy atom. The number of carbonyl (C=O) groups is 3. The Kier molecular flexibility index (Phi) is 5.81. The fraction of sp³-hybridized carbons (Fsp3) is 0.250. The largest absolute Gasteiger partial charge is 0.321 e. The van der Waals surface area contributed by atoms with Crippen molar-refractivity contribution < 1.29 is 22.8 Å². The number of amides is 3. The number of nitrogens with zero attached hydrogens (tertiary/aromatic N) is 1. The van der Waals surface area contributed by atoms with E-state index < -0.39 is 27.7 Å². The van der Waals surface area contributed by atoms with Crippen LogP contribution < -0.4 is 10.6 Å². The van der Waals surface area contributed by atoms with Crippen molar-refractivity contribution in [3.05, 3.63) is 59.2 Å². The third kappa shape index (κ3) is 4.06. The molecule has 0 unspecified atom stereocenters. The molecule has 152 valence electrons. The molecule has 0 aliphatic carbocycles. The maximum absolute atomic E-state index is 12.6. The fourth-order valence-electron chi connectivity index (χ4n) is 2.98. The summed E-state index contributed by atoms with van der Waals surface area (Å²) in [5.74, 6) is -1.60. The van der Waals surface area contributed by atoms with Crippen molar-refractivity contribution in [3.63, 3.8) is 0 Å². The number of fused-ring (bicyclic) bond motifs is 1. The lowest BCUT2D eigenvalue weighted by Gasteiger charge is -2.17. The first-order chi connectivity index (χ1) is 13.8. The predicted octanol–water partition coefficient (Wildman–Crippen LogP) is 2.24. The van der Waals surface area contributed by atoms with E-state index in [1.54, 1.807) is 6.07 Å². The van der Waals surface area contributed by atoms with Gasteiger partial charge in [-0.05, 0) is 42.8 Å². The number of hydrogen-bond acceptors (Lipinski definition) is 5. The molecule has 0 spiro atoms. The molecule has 1 aliphatic heterocycles. The fourth-order valence-corrected chi connectivity index (χ4v) is 4.19. The number of benzene rings is 2. The Labute approximate surface area is 169 Å². The first-order valence-electron chi connectivity index (χ1n) is 9.12. The molecule has 0 aromatic heterocycles. The van der Waals surface area contributed by atoms with Gasteiger partial charge in [-0.1, -0.05) is 19.4 Å². The standard InChI is InChI=1S/C20H21N3O5S/c1-3-4-12-23(2)29(27,28)14-10-8-13(9-11-14)18(24)21-16-7-5-6-15-17(16)20(26)22-19(15)25/h5-11H,3-4,12H2,1-2H3,(H,21,24)(H,22,25,26). The summed E-state index contributed by atoms with van der Waals surface area (Å²) < 4.78 is 26.4. The van der Waals surface area contributed by atoms with Gasteiger partial charge in [0.2, 0.25) is 10.0 Å². The molecule has 3 amide bonds. The number of rotatable bonds is 7. The zero-order valence-electron chi connectivity index (χ0n) is 16.1. The van der Waals surface area contributed by atoms with Crippen LogP contribution in [-0.4, -0.2) is 44.0 Å². The third-order valence-electron chi connectivity index (χ3n) is 4.66. The van der Waals surface area contributed by atoms with Gasteiger partial charge in [0.05, 0.1) is 21.7 Å². The average Bonchev–Trinajstić information content (AvgIpc) is 3.00. The van der Waals surface area contributed by atoms with Crippen molar-refractivity contribution in [3.8, 4) is 0 Å². The third-order valence-corrected chi connectivity index (χ3v) is 6.53. The minimum Gasteiger partial charge on any atom is -0.321 e. The second-order valence-corrected chi connectivity index (χ2v) is 8.71. The van der Waals surface area contributed by atoms with Crippen molar-refractivity contribution in [1.29, 1.82) is 0 Å². The highest BCUT2D eigenvalue weighted by atomic mass is 32.2. The SMILES string of the molecule is CCCCN(C)S(=O)(=O)c1ccc(C(=O)Nc2cccc3c2C(=O)NC3=O)cc1. The summed E-state index contributed by atoms with van der Waals surface area (Å²) in [5.41, 5.74) is 0.751. The molecule has 2 aromatic rings. The van der Waals surface area contributed by atoms with Gasteiger partial charge in [-0.25, -0.2) is 12.7 Å². The molecule has 0 bridgehead atoms. The lowest BCUT2D eigenvalue weighted by atomic mass is 10.1. The Balaban J connectivity index is 1.79. The Morgan fingerprint density at radius 1 is 1.07 bits per heavy atom. The number of carbonyl (C=O) groups excluding carboxylic acids is 3. The predicted molar refractivity (Wildman–Crippen MR) is 107 cm³/mol.